The Bertz CT molecular complexity index is 943. The predicted octanol–water partition coefficient (Wildman–Crippen LogP) is 2.15. The summed E-state index contributed by atoms with van der Waals surface area (Å²) in [7, 11) is 2.03. The van der Waals surface area contributed by atoms with Gasteiger partial charge in [0.2, 0.25) is 5.91 Å². The van der Waals surface area contributed by atoms with Crippen molar-refractivity contribution in [3.8, 4) is 0 Å². The van der Waals surface area contributed by atoms with Crippen molar-refractivity contribution >= 4 is 23.3 Å². The molecule has 2 aliphatic rings. The number of carbonyl (C=O) groups is 2. The van der Waals surface area contributed by atoms with E-state index in [9.17, 15) is 14.7 Å². The van der Waals surface area contributed by atoms with E-state index in [1.54, 1.807) is 18.2 Å². The molecule has 0 radical (unpaired) electrons. The molecule has 4 rings (SSSR count). The van der Waals surface area contributed by atoms with Gasteiger partial charge in [0.1, 0.15) is 0 Å². The number of hydrogen-bond donors (Lipinski definition) is 2. The molecule has 2 saturated heterocycles. The highest BCUT2D eigenvalue weighted by molar-refractivity contribution is 5.92. The number of ether oxygens (including phenoxy) is 1. The van der Waals surface area contributed by atoms with Crippen LogP contribution in [0.25, 0.3) is 0 Å². The van der Waals surface area contributed by atoms with Crippen LogP contribution in [0.3, 0.4) is 0 Å². The van der Waals surface area contributed by atoms with Gasteiger partial charge in [0.15, 0.2) is 0 Å². The Morgan fingerprint density at radius 1 is 1.06 bits per heavy atom. The predicted molar refractivity (Wildman–Crippen MR) is 123 cm³/mol. The van der Waals surface area contributed by atoms with Crippen LogP contribution in [0.2, 0.25) is 0 Å². The first-order valence-electron chi connectivity index (χ1n) is 11.0. The number of hydrogen-bond acceptors (Lipinski definition) is 6. The Hall–Kier alpha value is -2.94. The summed E-state index contributed by atoms with van der Waals surface area (Å²) in [5.74, 6) is -0.979. The van der Waals surface area contributed by atoms with Crippen molar-refractivity contribution in [2.75, 3.05) is 69.7 Å². The fourth-order valence-corrected chi connectivity index (χ4v) is 4.29. The largest absolute Gasteiger partial charge is 0.478 e. The Kier molecular flexibility index (Phi) is 7.04. The number of nitrogens with zero attached hydrogens (tertiary/aromatic N) is 3. The Balaban J connectivity index is 1.34. The van der Waals surface area contributed by atoms with E-state index >= 15 is 0 Å². The molecular weight excluding hydrogens is 408 g/mol. The summed E-state index contributed by atoms with van der Waals surface area (Å²) in [5, 5.41) is 12.3. The molecular formula is C24H30N4O4. The molecule has 8 nitrogen and oxygen atoms in total. The molecule has 8 heteroatoms. The van der Waals surface area contributed by atoms with Gasteiger partial charge in [0.25, 0.3) is 0 Å². The lowest BCUT2D eigenvalue weighted by atomic mass is 10.0. The molecule has 1 amide bonds. The SMILES string of the molecule is CN1CCN(CC(=O)Nc2ccc(N3CCOCC3)cc2)C[C@H]1c1cccc(C(=O)O)c1. The number of carbonyl (C=O) groups excluding carboxylic acids is 1. The van der Waals surface area contributed by atoms with Crippen molar-refractivity contribution in [1.29, 1.82) is 0 Å². The van der Waals surface area contributed by atoms with Crippen LogP contribution in [0.1, 0.15) is 22.0 Å². The number of amides is 1. The van der Waals surface area contributed by atoms with E-state index in [0.29, 0.717) is 13.1 Å². The van der Waals surface area contributed by atoms with E-state index in [4.69, 9.17) is 4.74 Å². The molecule has 32 heavy (non-hydrogen) atoms. The first-order chi connectivity index (χ1) is 15.5. The number of carboxylic acid groups (broad SMARTS) is 1. The van der Waals surface area contributed by atoms with Gasteiger partial charge in [-0.2, -0.15) is 0 Å². The summed E-state index contributed by atoms with van der Waals surface area (Å²) in [6.45, 7) is 5.81. The van der Waals surface area contributed by atoms with Crippen LogP contribution >= 0.6 is 0 Å². The summed E-state index contributed by atoms with van der Waals surface area (Å²) in [4.78, 5) is 30.6. The van der Waals surface area contributed by atoms with E-state index in [0.717, 1.165) is 56.3 Å². The van der Waals surface area contributed by atoms with Crippen LogP contribution in [0.4, 0.5) is 11.4 Å². The van der Waals surface area contributed by atoms with E-state index in [1.807, 2.05) is 37.4 Å². The van der Waals surface area contributed by atoms with Crippen LogP contribution in [-0.2, 0) is 9.53 Å². The van der Waals surface area contributed by atoms with Crippen LogP contribution in [0.5, 0.6) is 0 Å². The molecule has 0 aliphatic carbocycles. The first-order valence-corrected chi connectivity index (χ1v) is 11.0. The maximum Gasteiger partial charge on any atom is 0.335 e. The maximum absolute atomic E-state index is 12.7. The zero-order chi connectivity index (χ0) is 22.5. The lowest BCUT2D eigenvalue weighted by Gasteiger charge is -2.39. The van der Waals surface area contributed by atoms with E-state index in [2.05, 4.69) is 20.0 Å². The molecule has 170 valence electrons. The van der Waals surface area contributed by atoms with Crippen LogP contribution < -0.4 is 10.2 Å². The molecule has 0 bridgehead atoms. The molecule has 0 saturated carbocycles. The number of rotatable bonds is 6. The minimum absolute atomic E-state index is 0.0451. The number of carboxylic acids is 1. The summed E-state index contributed by atoms with van der Waals surface area (Å²) >= 11 is 0. The number of morpholine rings is 1. The molecule has 0 spiro atoms. The fraction of sp³-hybridized carbons (Fsp3) is 0.417. The summed E-state index contributed by atoms with van der Waals surface area (Å²) in [6.07, 6.45) is 0. The van der Waals surface area contributed by atoms with Gasteiger partial charge in [-0.05, 0) is 49.0 Å². The number of benzene rings is 2. The monoisotopic (exact) mass is 438 g/mol. The standard InChI is InChI=1S/C24H30N4O4/c1-26-9-10-27(16-22(26)18-3-2-4-19(15-18)24(30)31)17-23(29)25-20-5-7-21(8-6-20)28-11-13-32-14-12-28/h2-8,15,22H,9-14,16-17H2,1H3,(H,25,29)(H,30,31)/t22-/m0/s1. The normalized spacial score (nSPS) is 20.2. The minimum atomic E-state index is -0.929. The van der Waals surface area contributed by atoms with Gasteiger partial charge in [0, 0.05) is 50.1 Å². The summed E-state index contributed by atoms with van der Waals surface area (Å²) in [6, 6.07) is 15.0. The third kappa shape index (κ3) is 5.45. The summed E-state index contributed by atoms with van der Waals surface area (Å²) < 4.78 is 5.40. The lowest BCUT2D eigenvalue weighted by Crippen LogP contribution is -2.48. The van der Waals surface area contributed by atoms with Crippen LogP contribution in [0, 0.1) is 0 Å². The van der Waals surface area contributed by atoms with Crippen molar-refractivity contribution in [3.63, 3.8) is 0 Å². The topological polar surface area (TPSA) is 85.4 Å². The van der Waals surface area contributed by atoms with Gasteiger partial charge < -0.3 is 20.1 Å². The third-order valence-electron chi connectivity index (χ3n) is 6.14. The number of anilines is 2. The number of likely N-dealkylation sites (N-methyl/N-ethyl adjacent to an activating group) is 1. The molecule has 0 aromatic heterocycles. The Morgan fingerprint density at radius 2 is 1.81 bits per heavy atom. The minimum Gasteiger partial charge on any atom is -0.478 e. The van der Waals surface area contributed by atoms with E-state index < -0.39 is 5.97 Å². The average Bonchev–Trinajstić information content (AvgIpc) is 2.81. The zero-order valence-corrected chi connectivity index (χ0v) is 18.4. The molecule has 2 aliphatic heterocycles. The van der Waals surface area contributed by atoms with Gasteiger partial charge in [-0.15, -0.1) is 0 Å². The fourth-order valence-electron chi connectivity index (χ4n) is 4.29. The van der Waals surface area contributed by atoms with Gasteiger partial charge in [0.05, 0.1) is 25.3 Å². The molecule has 1 atom stereocenters. The molecule has 2 N–H and O–H groups in total. The second kappa shape index (κ2) is 10.1. The van der Waals surface area contributed by atoms with Crippen LogP contribution in [0.15, 0.2) is 48.5 Å². The highest BCUT2D eigenvalue weighted by Crippen LogP contribution is 2.25. The Labute approximate surface area is 188 Å². The number of nitrogens with one attached hydrogen (secondary N) is 1. The highest BCUT2D eigenvalue weighted by Gasteiger charge is 2.27. The zero-order valence-electron chi connectivity index (χ0n) is 18.4. The lowest BCUT2D eigenvalue weighted by molar-refractivity contribution is -0.118. The maximum atomic E-state index is 12.7. The third-order valence-corrected chi connectivity index (χ3v) is 6.14. The summed E-state index contributed by atoms with van der Waals surface area (Å²) in [5.41, 5.74) is 3.16. The second-order valence-electron chi connectivity index (χ2n) is 8.36. The van der Waals surface area contributed by atoms with Crippen molar-refractivity contribution in [2.24, 2.45) is 0 Å². The smallest absolute Gasteiger partial charge is 0.335 e. The highest BCUT2D eigenvalue weighted by atomic mass is 16.5. The van der Waals surface area contributed by atoms with Gasteiger partial charge in [-0.25, -0.2) is 4.79 Å². The second-order valence-corrected chi connectivity index (χ2v) is 8.36. The molecule has 2 aromatic carbocycles. The van der Waals surface area contributed by atoms with Gasteiger partial charge in [-0.3, -0.25) is 14.6 Å². The van der Waals surface area contributed by atoms with Crippen molar-refractivity contribution in [1.82, 2.24) is 9.80 Å². The average molecular weight is 439 g/mol. The Morgan fingerprint density at radius 3 is 2.53 bits per heavy atom. The molecule has 2 heterocycles. The van der Waals surface area contributed by atoms with Crippen molar-refractivity contribution in [3.05, 3.63) is 59.7 Å². The molecule has 2 aromatic rings. The van der Waals surface area contributed by atoms with E-state index in [1.165, 1.54) is 0 Å². The van der Waals surface area contributed by atoms with Gasteiger partial charge >= 0.3 is 5.97 Å². The van der Waals surface area contributed by atoms with Crippen molar-refractivity contribution in [2.45, 2.75) is 6.04 Å². The van der Waals surface area contributed by atoms with Crippen molar-refractivity contribution < 1.29 is 19.4 Å². The first kappa shape index (κ1) is 22.3. The van der Waals surface area contributed by atoms with Gasteiger partial charge in [-0.1, -0.05) is 12.1 Å². The molecule has 0 unspecified atom stereocenters. The molecule has 2 fully saturated rings. The van der Waals surface area contributed by atoms with Crippen LogP contribution in [-0.4, -0.2) is 86.3 Å². The number of piperazine rings is 1. The van der Waals surface area contributed by atoms with E-state index in [-0.39, 0.29) is 17.5 Å². The quantitative estimate of drug-likeness (QED) is 0.715. The number of aromatic carboxylic acids is 1.